The number of hydrogen-bond acceptors (Lipinski definition) is 3. The number of rotatable bonds is 4. The molecule has 1 aliphatic rings. The molecule has 0 aromatic rings. The SMILES string of the molecule is CCC1(CO)CCN(S(=O)(=O)CC)CC1. The van der Waals surface area contributed by atoms with Gasteiger partial charge in [-0.05, 0) is 31.6 Å². The van der Waals surface area contributed by atoms with Crippen molar-refractivity contribution in [2.45, 2.75) is 33.1 Å². The van der Waals surface area contributed by atoms with E-state index in [1.807, 2.05) is 0 Å². The van der Waals surface area contributed by atoms with E-state index < -0.39 is 10.0 Å². The predicted octanol–water partition coefficient (Wildman–Crippen LogP) is 0.821. The molecule has 1 rings (SSSR count). The number of hydrogen-bond donors (Lipinski definition) is 1. The molecule has 0 spiro atoms. The van der Waals surface area contributed by atoms with Gasteiger partial charge in [0.2, 0.25) is 10.0 Å². The van der Waals surface area contributed by atoms with Gasteiger partial charge in [0.25, 0.3) is 0 Å². The van der Waals surface area contributed by atoms with Gasteiger partial charge in [-0.15, -0.1) is 0 Å². The van der Waals surface area contributed by atoms with Crippen molar-refractivity contribution in [3.05, 3.63) is 0 Å². The van der Waals surface area contributed by atoms with Crippen LogP contribution in [0.5, 0.6) is 0 Å². The molecule has 0 amide bonds. The van der Waals surface area contributed by atoms with Gasteiger partial charge in [0.1, 0.15) is 0 Å². The average Bonchev–Trinajstić information content (AvgIpc) is 2.29. The fourth-order valence-electron chi connectivity index (χ4n) is 2.04. The van der Waals surface area contributed by atoms with Crippen LogP contribution >= 0.6 is 0 Å². The van der Waals surface area contributed by atoms with Crippen molar-refractivity contribution >= 4 is 10.0 Å². The molecular formula is C10H21NO3S. The molecule has 0 bridgehead atoms. The van der Waals surface area contributed by atoms with Gasteiger partial charge in [-0.1, -0.05) is 6.92 Å². The molecule has 1 aliphatic heterocycles. The molecule has 0 unspecified atom stereocenters. The van der Waals surface area contributed by atoms with Gasteiger partial charge >= 0.3 is 0 Å². The molecule has 1 saturated heterocycles. The van der Waals surface area contributed by atoms with Gasteiger partial charge in [-0.25, -0.2) is 12.7 Å². The fourth-order valence-corrected chi connectivity index (χ4v) is 3.15. The first kappa shape index (κ1) is 12.9. The second-order valence-electron chi connectivity index (χ2n) is 4.31. The van der Waals surface area contributed by atoms with Gasteiger partial charge in [0, 0.05) is 19.7 Å². The third kappa shape index (κ3) is 2.71. The zero-order valence-electron chi connectivity index (χ0n) is 9.57. The summed E-state index contributed by atoms with van der Waals surface area (Å²) < 4.78 is 24.8. The van der Waals surface area contributed by atoms with Crippen molar-refractivity contribution in [2.24, 2.45) is 5.41 Å². The molecule has 1 fully saturated rings. The largest absolute Gasteiger partial charge is 0.396 e. The van der Waals surface area contributed by atoms with E-state index in [-0.39, 0.29) is 17.8 Å². The maximum absolute atomic E-state index is 11.6. The standard InChI is InChI=1S/C10H21NO3S/c1-3-10(9-12)5-7-11(8-6-10)15(13,14)4-2/h12H,3-9H2,1-2H3. The second kappa shape index (κ2) is 4.80. The zero-order valence-corrected chi connectivity index (χ0v) is 10.4. The quantitative estimate of drug-likeness (QED) is 0.785. The first-order valence-corrected chi connectivity index (χ1v) is 7.19. The van der Waals surface area contributed by atoms with Crippen LogP contribution in [-0.2, 0) is 10.0 Å². The van der Waals surface area contributed by atoms with Crippen molar-refractivity contribution < 1.29 is 13.5 Å². The smallest absolute Gasteiger partial charge is 0.213 e. The molecule has 90 valence electrons. The Balaban J connectivity index is 2.63. The Morgan fingerprint density at radius 2 is 1.80 bits per heavy atom. The zero-order chi connectivity index (χ0) is 11.5. The van der Waals surface area contributed by atoms with Crippen LogP contribution in [0.25, 0.3) is 0 Å². The van der Waals surface area contributed by atoms with Gasteiger partial charge in [0.05, 0.1) is 5.75 Å². The van der Waals surface area contributed by atoms with Crippen LogP contribution in [0.2, 0.25) is 0 Å². The van der Waals surface area contributed by atoms with E-state index in [2.05, 4.69) is 6.92 Å². The van der Waals surface area contributed by atoms with E-state index in [0.717, 1.165) is 19.3 Å². The third-order valence-electron chi connectivity index (χ3n) is 3.63. The van der Waals surface area contributed by atoms with Gasteiger partial charge in [0.15, 0.2) is 0 Å². The van der Waals surface area contributed by atoms with E-state index >= 15 is 0 Å². The number of aliphatic hydroxyl groups excluding tert-OH is 1. The summed E-state index contributed by atoms with van der Waals surface area (Å²) in [6.45, 7) is 5.02. The lowest BCUT2D eigenvalue weighted by Gasteiger charge is -2.39. The fraction of sp³-hybridized carbons (Fsp3) is 1.00. The minimum absolute atomic E-state index is 0.0419. The van der Waals surface area contributed by atoms with Crippen LogP contribution in [-0.4, -0.2) is 43.3 Å². The highest BCUT2D eigenvalue weighted by Crippen LogP contribution is 2.34. The minimum Gasteiger partial charge on any atom is -0.396 e. The Bertz CT molecular complexity index is 286. The normalized spacial score (nSPS) is 22.9. The van der Waals surface area contributed by atoms with Crippen LogP contribution in [0.4, 0.5) is 0 Å². The van der Waals surface area contributed by atoms with Gasteiger partial charge in [-0.2, -0.15) is 0 Å². The predicted molar refractivity (Wildman–Crippen MR) is 60.1 cm³/mol. The molecule has 1 heterocycles. The average molecular weight is 235 g/mol. The Morgan fingerprint density at radius 3 is 2.13 bits per heavy atom. The molecular weight excluding hydrogens is 214 g/mol. The number of nitrogens with zero attached hydrogens (tertiary/aromatic N) is 1. The topological polar surface area (TPSA) is 57.6 Å². The lowest BCUT2D eigenvalue weighted by molar-refractivity contribution is 0.0648. The molecule has 0 atom stereocenters. The Labute approximate surface area is 92.3 Å². The summed E-state index contributed by atoms with van der Waals surface area (Å²) in [5.74, 6) is 0.172. The lowest BCUT2D eigenvalue weighted by atomic mass is 9.77. The highest BCUT2D eigenvalue weighted by molar-refractivity contribution is 7.89. The van der Waals surface area contributed by atoms with Crippen LogP contribution in [0.15, 0.2) is 0 Å². The number of piperidine rings is 1. The second-order valence-corrected chi connectivity index (χ2v) is 6.57. The molecule has 15 heavy (non-hydrogen) atoms. The Morgan fingerprint density at radius 1 is 1.27 bits per heavy atom. The minimum atomic E-state index is -3.04. The molecule has 5 heteroatoms. The van der Waals surface area contributed by atoms with E-state index in [1.165, 1.54) is 0 Å². The summed E-state index contributed by atoms with van der Waals surface area (Å²) in [5.41, 5.74) is -0.0419. The summed E-state index contributed by atoms with van der Waals surface area (Å²) >= 11 is 0. The molecule has 0 saturated carbocycles. The molecule has 0 radical (unpaired) electrons. The summed E-state index contributed by atoms with van der Waals surface area (Å²) in [6, 6.07) is 0. The highest BCUT2D eigenvalue weighted by Gasteiger charge is 2.35. The van der Waals surface area contributed by atoms with E-state index in [9.17, 15) is 13.5 Å². The molecule has 0 aliphatic carbocycles. The van der Waals surface area contributed by atoms with E-state index in [4.69, 9.17) is 0 Å². The van der Waals surface area contributed by atoms with Crippen molar-refractivity contribution in [2.75, 3.05) is 25.4 Å². The van der Waals surface area contributed by atoms with Crippen molar-refractivity contribution in [3.8, 4) is 0 Å². The highest BCUT2D eigenvalue weighted by atomic mass is 32.2. The molecule has 0 aromatic carbocycles. The summed E-state index contributed by atoms with van der Waals surface area (Å²) in [6.07, 6.45) is 2.47. The summed E-state index contributed by atoms with van der Waals surface area (Å²) in [7, 11) is -3.04. The van der Waals surface area contributed by atoms with Crippen LogP contribution in [0.1, 0.15) is 33.1 Å². The monoisotopic (exact) mass is 235 g/mol. The van der Waals surface area contributed by atoms with E-state index in [0.29, 0.717) is 13.1 Å². The molecule has 0 aromatic heterocycles. The molecule has 1 N–H and O–H groups in total. The van der Waals surface area contributed by atoms with Crippen molar-refractivity contribution in [1.82, 2.24) is 4.31 Å². The van der Waals surface area contributed by atoms with Crippen LogP contribution in [0.3, 0.4) is 0 Å². The van der Waals surface area contributed by atoms with Crippen molar-refractivity contribution in [3.63, 3.8) is 0 Å². The van der Waals surface area contributed by atoms with Gasteiger partial charge < -0.3 is 5.11 Å². The first-order valence-electron chi connectivity index (χ1n) is 5.58. The first-order chi connectivity index (χ1) is 6.99. The Hall–Kier alpha value is -0.130. The molecule has 4 nitrogen and oxygen atoms in total. The lowest BCUT2D eigenvalue weighted by Crippen LogP contribution is -2.44. The van der Waals surface area contributed by atoms with Crippen LogP contribution in [0, 0.1) is 5.41 Å². The maximum Gasteiger partial charge on any atom is 0.213 e. The number of sulfonamides is 1. The summed E-state index contributed by atoms with van der Waals surface area (Å²) in [5, 5.41) is 9.32. The third-order valence-corrected chi connectivity index (χ3v) is 5.51. The maximum atomic E-state index is 11.6. The van der Waals surface area contributed by atoms with E-state index in [1.54, 1.807) is 11.2 Å². The van der Waals surface area contributed by atoms with Gasteiger partial charge in [-0.3, -0.25) is 0 Å². The Kier molecular flexibility index (Phi) is 4.14. The number of aliphatic hydroxyl groups is 1. The van der Waals surface area contributed by atoms with Crippen LogP contribution < -0.4 is 0 Å². The van der Waals surface area contributed by atoms with Crippen molar-refractivity contribution in [1.29, 1.82) is 0 Å². The summed E-state index contributed by atoms with van der Waals surface area (Å²) in [4.78, 5) is 0.